The van der Waals surface area contributed by atoms with Crippen LogP contribution in [0.15, 0.2) is 126 Å². The third-order valence-corrected chi connectivity index (χ3v) is 19.6. The van der Waals surface area contributed by atoms with Gasteiger partial charge in [0.2, 0.25) is 11.8 Å². The number of ether oxygens (including phenoxy) is 2. The fraction of sp³-hybridized carbons (Fsp3) is 0.412. The minimum atomic E-state index is -0.685. The second kappa shape index (κ2) is 24.0. The monoisotopic (exact) mass is 1220 g/mol. The van der Waals surface area contributed by atoms with Crippen molar-refractivity contribution in [2.45, 2.75) is 130 Å². The summed E-state index contributed by atoms with van der Waals surface area (Å²) in [6.45, 7) is 13.5. The summed E-state index contributed by atoms with van der Waals surface area (Å²) in [5.41, 5.74) is 9.72. The maximum atomic E-state index is 13.5. The highest BCUT2D eigenvalue weighted by Gasteiger charge is 2.56. The molecule has 1 saturated heterocycles. The second-order valence-corrected chi connectivity index (χ2v) is 26.5. The van der Waals surface area contributed by atoms with Gasteiger partial charge in [-0.05, 0) is 172 Å². The number of carbonyl (C=O) groups excluding carboxylic acids is 2. The Hall–Kier alpha value is -7.54. The number of hydrogen-bond acceptors (Lipinski definition) is 12. The molecular formula is C68H74BBrN6O10. The highest BCUT2D eigenvalue weighted by Crippen LogP contribution is 2.63. The Kier molecular flexibility index (Phi) is 16.8. The number of carbonyl (C=O) groups is 4. The van der Waals surface area contributed by atoms with Crippen LogP contribution in [0.4, 0.5) is 0 Å². The van der Waals surface area contributed by atoms with Gasteiger partial charge in [-0.2, -0.15) is 0 Å². The normalized spacial score (nSPS) is 23.0. The molecule has 0 amide bonds. The van der Waals surface area contributed by atoms with E-state index < -0.39 is 19.1 Å². The van der Waals surface area contributed by atoms with Crippen LogP contribution in [0.1, 0.15) is 135 Å². The number of halogens is 1. The Morgan fingerprint density at radius 1 is 0.593 bits per heavy atom. The smallest absolute Gasteiger partial charge is 0.481 e. The average molecular weight is 1230 g/mol. The number of carboxylic acid groups (broad SMARTS) is 2. The van der Waals surface area contributed by atoms with Gasteiger partial charge in [-0.15, -0.1) is 0 Å². The van der Waals surface area contributed by atoms with Crippen molar-refractivity contribution in [3.8, 4) is 23.0 Å². The van der Waals surface area contributed by atoms with Crippen LogP contribution in [-0.2, 0) is 32.0 Å². The molecule has 13 rings (SSSR count). The zero-order chi connectivity index (χ0) is 60.9. The predicted molar refractivity (Wildman–Crippen MR) is 333 cm³/mol. The molecule has 18 heteroatoms. The Morgan fingerprint density at radius 3 is 1.44 bits per heavy atom. The SMILES string of the molecule is COc1cccc(-c2ccc(Cn3ccc4c(C)ncc(C(=O)CC5CC6(C5)CC(C(=O)O)C6)c43)cc2)n1.COc1cccc(Br)n1.Cc1ncc(C(=O)CC2CC3(C2)CC(C(=O)O)C3)c2c1ccn2Cc1ccc(B2OC(C)(C)C(C)(C)O2)cc1. The molecule has 446 valence electrons. The summed E-state index contributed by atoms with van der Waals surface area (Å²) in [4.78, 5) is 66.9. The number of rotatable bonds is 16. The number of nitrogens with zero attached hydrogens (tertiary/aromatic N) is 6. The molecule has 6 aromatic heterocycles. The molecule has 1 aliphatic heterocycles. The molecular weight excluding hydrogens is 1150 g/mol. The molecule has 4 aliphatic carbocycles. The van der Waals surface area contributed by atoms with Crippen LogP contribution in [0.3, 0.4) is 0 Å². The third kappa shape index (κ3) is 12.4. The molecule has 5 fully saturated rings. The Balaban J connectivity index is 0.000000156. The number of aromatic nitrogens is 6. The summed E-state index contributed by atoms with van der Waals surface area (Å²) >= 11 is 3.21. The minimum Gasteiger partial charge on any atom is -0.481 e. The van der Waals surface area contributed by atoms with Crippen LogP contribution in [0.25, 0.3) is 33.1 Å². The molecule has 5 aliphatic rings. The number of methoxy groups -OCH3 is 2. The molecule has 0 radical (unpaired) electrons. The first kappa shape index (κ1) is 60.2. The van der Waals surface area contributed by atoms with Gasteiger partial charge in [0.1, 0.15) is 4.60 Å². The van der Waals surface area contributed by atoms with Crippen molar-refractivity contribution >= 4 is 73.8 Å². The third-order valence-electron chi connectivity index (χ3n) is 19.1. The van der Waals surface area contributed by atoms with Crippen LogP contribution in [-0.4, -0.2) is 95.3 Å². The number of hydrogen-bond donors (Lipinski definition) is 2. The summed E-state index contributed by atoms with van der Waals surface area (Å²) in [6, 6.07) is 31.9. The van der Waals surface area contributed by atoms with E-state index in [1.54, 1.807) is 32.7 Å². The van der Waals surface area contributed by atoms with E-state index in [2.05, 4.69) is 121 Å². The summed E-state index contributed by atoms with van der Waals surface area (Å²) in [6.07, 6.45) is 15.4. The Labute approximate surface area is 510 Å². The molecule has 0 atom stereocenters. The quantitative estimate of drug-likeness (QED) is 0.0524. The van der Waals surface area contributed by atoms with E-state index in [1.165, 1.54) is 0 Å². The van der Waals surface area contributed by atoms with Crippen molar-refractivity contribution in [1.82, 2.24) is 29.1 Å². The topological polar surface area (TPSA) is 207 Å². The molecule has 86 heavy (non-hydrogen) atoms. The summed E-state index contributed by atoms with van der Waals surface area (Å²) < 4.78 is 27.6. The van der Waals surface area contributed by atoms with E-state index in [0.717, 1.165) is 117 Å². The van der Waals surface area contributed by atoms with Gasteiger partial charge in [0.25, 0.3) is 0 Å². The summed E-state index contributed by atoms with van der Waals surface area (Å²) in [5.74, 6) is 0.351. The van der Waals surface area contributed by atoms with E-state index in [9.17, 15) is 29.4 Å². The molecule has 4 saturated carbocycles. The highest BCUT2D eigenvalue weighted by atomic mass is 79.9. The standard InChI is InChI=1S/C31H37BN2O5.C31H31N3O4.C6H6BrNO/c1-19-24-10-11-34(18-20-6-8-23(9-7-20)32-38-29(2,3)30(4,5)39-32)27(24)25(17-33-19)26(35)12-21-13-31(14-21)15-22(16-31)28(36)37;1-19-24-10-11-34(18-20-6-8-22(9-7-20)26-4-3-5-28(33-26)38-2)29(24)25(17-32-19)27(35)12-21-13-31(14-21)15-23(16-31)30(36)37;1-9-6-4-2-3-5(7)8-6/h6-11,17,21-22H,12-16,18H2,1-5H3,(H,36,37);3-11,17,21,23H,12-16,18H2,1-2H3,(H,36,37);2-4H,1H3. The fourth-order valence-electron chi connectivity index (χ4n) is 13.9. The number of aryl methyl sites for hydroxylation is 2. The van der Waals surface area contributed by atoms with E-state index >= 15 is 0 Å². The number of fused-ring (bicyclic) bond motifs is 2. The van der Waals surface area contributed by atoms with Gasteiger partial charge in [0, 0.05) is 90.6 Å². The molecule has 2 spiro atoms. The van der Waals surface area contributed by atoms with Crippen LogP contribution >= 0.6 is 15.9 Å². The number of Topliss-reactive ketones (excluding diaryl/α,β-unsaturated/α-hetero) is 2. The molecule has 7 heterocycles. The number of pyridine rings is 4. The number of carboxylic acids is 2. The summed E-state index contributed by atoms with van der Waals surface area (Å²) in [5, 5.41) is 20.4. The lowest BCUT2D eigenvalue weighted by Crippen LogP contribution is -2.50. The second-order valence-electron chi connectivity index (χ2n) is 25.7. The van der Waals surface area contributed by atoms with E-state index in [0.29, 0.717) is 60.7 Å². The van der Waals surface area contributed by atoms with Crippen LogP contribution < -0.4 is 14.9 Å². The van der Waals surface area contributed by atoms with Gasteiger partial charge < -0.3 is 38.1 Å². The van der Waals surface area contributed by atoms with Crippen LogP contribution in [0, 0.1) is 48.3 Å². The fourth-order valence-corrected chi connectivity index (χ4v) is 14.2. The number of ketones is 2. The van der Waals surface area contributed by atoms with Crippen LogP contribution in [0.5, 0.6) is 11.8 Å². The van der Waals surface area contributed by atoms with E-state index in [4.69, 9.17) is 18.8 Å². The summed E-state index contributed by atoms with van der Waals surface area (Å²) in [7, 11) is 2.81. The zero-order valence-electron chi connectivity index (χ0n) is 50.1. The molecule has 16 nitrogen and oxygen atoms in total. The van der Waals surface area contributed by atoms with Gasteiger partial charge in [-0.1, -0.05) is 60.7 Å². The van der Waals surface area contributed by atoms with E-state index in [1.807, 2.05) is 68.7 Å². The van der Waals surface area contributed by atoms with Gasteiger partial charge in [-0.3, -0.25) is 29.1 Å². The average Bonchev–Trinajstić information content (AvgIpc) is 1.26. The van der Waals surface area contributed by atoms with Crippen molar-refractivity contribution in [2.75, 3.05) is 14.2 Å². The zero-order valence-corrected chi connectivity index (χ0v) is 51.7. The first-order valence-corrected chi connectivity index (χ1v) is 30.4. The van der Waals surface area contributed by atoms with Gasteiger partial charge in [-0.25, -0.2) is 9.97 Å². The number of aliphatic carboxylic acids is 2. The maximum absolute atomic E-state index is 13.5. The van der Waals surface area contributed by atoms with Gasteiger partial charge >= 0.3 is 19.1 Å². The molecule has 2 aromatic carbocycles. The molecule has 8 aromatic rings. The van der Waals surface area contributed by atoms with Crippen molar-refractivity contribution in [1.29, 1.82) is 0 Å². The Morgan fingerprint density at radius 2 is 1.02 bits per heavy atom. The lowest BCUT2D eigenvalue weighted by atomic mass is 9.47. The van der Waals surface area contributed by atoms with Crippen molar-refractivity contribution in [3.63, 3.8) is 0 Å². The maximum Gasteiger partial charge on any atom is 0.494 e. The van der Waals surface area contributed by atoms with Crippen molar-refractivity contribution in [3.05, 3.63) is 160 Å². The lowest BCUT2D eigenvalue weighted by Gasteiger charge is -2.56. The minimum absolute atomic E-state index is 0.121. The molecule has 2 N–H and O–H groups in total. The number of benzene rings is 2. The first-order chi connectivity index (χ1) is 41.0. The molecule has 0 unspecified atom stereocenters. The van der Waals surface area contributed by atoms with Gasteiger partial charge in [0.05, 0.1) is 65.1 Å². The van der Waals surface area contributed by atoms with Gasteiger partial charge in [0.15, 0.2) is 11.6 Å². The van der Waals surface area contributed by atoms with Crippen molar-refractivity contribution < 1.29 is 48.2 Å². The predicted octanol–water partition coefficient (Wildman–Crippen LogP) is 12.9. The Bertz CT molecular complexity index is 3830. The molecule has 0 bridgehead atoms. The first-order valence-electron chi connectivity index (χ1n) is 29.7. The van der Waals surface area contributed by atoms with Crippen molar-refractivity contribution in [2.24, 2.45) is 34.5 Å². The largest absolute Gasteiger partial charge is 0.494 e. The van der Waals surface area contributed by atoms with Crippen LogP contribution in [0.2, 0.25) is 0 Å². The highest BCUT2D eigenvalue weighted by molar-refractivity contribution is 9.10. The van der Waals surface area contributed by atoms with E-state index in [-0.39, 0.29) is 45.4 Å². The lowest BCUT2D eigenvalue weighted by molar-refractivity contribution is -0.158.